The number of carbonyl (C=O) groups excluding carboxylic acids is 1. The van der Waals surface area contributed by atoms with Crippen molar-refractivity contribution in [2.45, 2.75) is 19.9 Å². The van der Waals surface area contributed by atoms with Crippen molar-refractivity contribution in [3.63, 3.8) is 0 Å². The summed E-state index contributed by atoms with van der Waals surface area (Å²) in [6.45, 7) is 6.28. The van der Waals surface area contributed by atoms with Crippen LogP contribution in [0.5, 0.6) is 0 Å². The van der Waals surface area contributed by atoms with E-state index in [-0.39, 0.29) is 5.91 Å². The number of hydrogen-bond acceptors (Lipinski definition) is 3. The Kier molecular flexibility index (Phi) is 4.76. The minimum atomic E-state index is 0.108. The molecule has 0 atom stereocenters. The van der Waals surface area contributed by atoms with Crippen molar-refractivity contribution in [1.82, 2.24) is 19.6 Å². The van der Waals surface area contributed by atoms with Crippen molar-refractivity contribution in [3.8, 4) is 0 Å². The Morgan fingerprint density at radius 2 is 1.91 bits per heavy atom. The molecule has 3 rings (SSSR count). The number of likely N-dealkylation sites (N-methyl/N-ethyl adjacent to an activating group) is 1. The standard InChI is InChI=1S/C18H24N4O/c1-15-17(18(23)21-10-6-9-20(2)11-12-21)13-19-22(15)14-16-7-4-3-5-8-16/h3-5,7-8,13H,6,9-12,14H2,1-2H3. The van der Waals surface area contributed by atoms with Crippen molar-refractivity contribution in [2.24, 2.45) is 0 Å². The van der Waals surface area contributed by atoms with Crippen LogP contribution in [0, 0.1) is 6.92 Å². The van der Waals surface area contributed by atoms with Crippen molar-refractivity contribution < 1.29 is 4.79 Å². The van der Waals surface area contributed by atoms with E-state index < -0.39 is 0 Å². The third kappa shape index (κ3) is 3.62. The predicted molar refractivity (Wildman–Crippen MR) is 90.5 cm³/mol. The third-order valence-electron chi connectivity index (χ3n) is 4.52. The van der Waals surface area contributed by atoms with Crippen molar-refractivity contribution in [3.05, 3.63) is 53.3 Å². The lowest BCUT2D eigenvalue weighted by molar-refractivity contribution is 0.0762. The lowest BCUT2D eigenvalue weighted by Gasteiger charge is -2.20. The van der Waals surface area contributed by atoms with Crippen LogP contribution in [0.4, 0.5) is 0 Å². The summed E-state index contributed by atoms with van der Waals surface area (Å²) in [6, 6.07) is 10.2. The average Bonchev–Trinajstić information content (AvgIpc) is 2.78. The van der Waals surface area contributed by atoms with Crippen LogP contribution < -0.4 is 0 Å². The molecule has 0 saturated carbocycles. The van der Waals surface area contributed by atoms with E-state index in [9.17, 15) is 4.79 Å². The molecule has 2 heterocycles. The summed E-state index contributed by atoms with van der Waals surface area (Å²) in [4.78, 5) is 17.0. The van der Waals surface area contributed by atoms with Crippen molar-refractivity contribution >= 4 is 5.91 Å². The zero-order chi connectivity index (χ0) is 16.2. The van der Waals surface area contributed by atoms with Gasteiger partial charge in [-0.05, 0) is 32.5 Å². The monoisotopic (exact) mass is 312 g/mol. The van der Waals surface area contributed by atoms with Crippen LogP contribution in [0.2, 0.25) is 0 Å². The Labute approximate surface area is 137 Å². The Bertz CT molecular complexity index is 665. The van der Waals surface area contributed by atoms with Gasteiger partial charge in [0.2, 0.25) is 0 Å². The second-order valence-electron chi connectivity index (χ2n) is 6.24. The minimum absolute atomic E-state index is 0.108. The van der Waals surface area contributed by atoms with E-state index >= 15 is 0 Å². The maximum absolute atomic E-state index is 12.8. The van der Waals surface area contributed by atoms with Gasteiger partial charge >= 0.3 is 0 Å². The highest BCUT2D eigenvalue weighted by molar-refractivity contribution is 5.95. The molecule has 0 N–H and O–H groups in total. The van der Waals surface area contributed by atoms with E-state index in [2.05, 4.69) is 29.2 Å². The number of carbonyl (C=O) groups is 1. The van der Waals surface area contributed by atoms with Crippen LogP contribution in [-0.2, 0) is 6.54 Å². The SMILES string of the molecule is Cc1c(C(=O)N2CCCN(C)CC2)cnn1Cc1ccccc1. The minimum Gasteiger partial charge on any atom is -0.337 e. The van der Waals surface area contributed by atoms with Crippen LogP contribution in [0.15, 0.2) is 36.5 Å². The van der Waals surface area contributed by atoms with E-state index in [4.69, 9.17) is 0 Å². The Morgan fingerprint density at radius 3 is 2.70 bits per heavy atom. The summed E-state index contributed by atoms with van der Waals surface area (Å²) in [5.74, 6) is 0.108. The lowest BCUT2D eigenvalue weighted by atomic mass is 10.2. The smallest absolute Gasteiger partial charge is 0.257 e. The summed E-state index contributed by atoms with van der Waals surface area (Å²) in [5.41, 5.74) is 2.86. The van der Waals surface area contributed by atoms with Gasteiger partial charge in [0.15, 0.2) is 0 Å². The predicted octanol–water partition coefficient (Wildman–Crippen LogP) is 2.02. The highest BCUT2D eigenvalue weighted by Crippen LogP contribution is 2.14. The summed E-state index contributed by atoms with van der Waals surface area (Å²) >= 11 is 0. The molecule has 122 valence electrons. The molecular weight excluding hydrogens is 288 g/mol. The molecule has 0 bridgehead atoms. The third-order valence-corrected chi connectivity index (χ3v) is 4.52. The second-order valence-corrected chi connectivity index (χ2v) is 6.24. The van der Waals surface area contributed by atoms with Crippen molar-refractivity contribution in [1.29, 1.82) is 0 Å². The molecule has 0 aliphatic carbocycles. The molecule has 0 unspecified atom stereocenters. The van der Waals surface area contributed by atoms with Gasteiger partial charge in [-0.2, -0.15) is 5.10 Å². The van der Waals surface area contributed by atoms with E-state index in [0.29, 0.717) is 6.54 Å². The van der Waals surface area contributed by atoms with Gasteiger partial charge in [0.05, 0.1) is 18.3 Å². The lowest BCUT2D eigenvalue weighted by Crippen LogP contribution is -2.34. The molecule has 1 aromatic heterocycles. The molecule has 1 aliphatic heterocycles. The molecule has 0 radical (unpaired) electrons. The average molecular weight is 312 g/mol. The number of aromatic nitrogens is 2. The molecule has 23 heavy (non-hydrogen) atoms. The van der Waals surface area contributed by atoms with Gasteiger partial charge in [-0.25, -0.2) is 0 Å². The molecular formula is C18H24N4O. The van der Waals surface area contributed by atoms with Crippen LogP contribution in [0.25, 0.3) is 0 Å². The molecule has 0 spiro atoms. The molecule has 5 heteroatoms. The first-order chi connectivity index (χ1) is 11.1. The molecule has 1 aromatic carbocycles. The van der Waals surface area contributed by atoms with Gasteiger partial charge < -0.3 is 9.80 Å². The summed E-state index contributed by atoms with van der Waals surface area (Å²) in [6.07, 6.45) is 2.74. The number of rotatable bonds is 3. The quantitative estimate of drug-likeness (QED) is 0.871. The molecule has 1 fully saturated rings. The highest BCUT2D eigenvalue weighted by atomic mass is 16.2. The summed E-state index contributed by atoms with van der Waals surface area (Å²) < 4.78 is 1.91. The first-order valence-electron chi connectivity index (χ1n) is 8.19. The number of benzene rings is 1. The topological polar surface area (TPSA) is 41.4 Å². The Hall–Kier alpha value is -2.14. The first-order valence-corrected chi connectivity index (χ1v) is 8.19. The van der Waals surface area contributed by atoms with Gasteiger partial charge in [-0.3, -0.25) is 9.48 Å². The van der Waals surface area contributed by atoms with Gasteiger partial charge in [0, 0.05) is 25.3 Å². The van der Waals surface area contributed by atoms with E-state index in [1.807, 2.05) is 34.7 Å². The van der Waals surface area contributed by atoms with Crippen LogP contribution in [0.1, 0.15) is 28.0 Å². The fourth-order valence-corrected chi connectivity index (χ4v) is 2.99. The molecule has 5 nitrogen and oxygen atoms in total. The first kappa shape index (κ1) is 15.7. The largest absolute Gasteiger partial charge is 0.337 e. The normalized spacial score (nSPS) is 16.3. The van der Waals surface area contributed by atoms with Gasteiger partial charge in [-0.15, -0.1) is 0 Å². The van der Waals surface area contributed by atoms with Gasteiger partial charge in [-0.1, -0.05) is 30.3 Å². The molecule has 2 aromatic rings. The van der Waals surface area contributed by atoms with Gasteiger partial charge in [0.25, 0.3) is 5.91 Å². The highest BCUT2D eigenvalue weighted by Gasteiger charge is 2.22. The van der Waals surface area contributed by atoms with Crippen LogP contribution in [0.3, 0.4) is 0 Å². The Morgan fingerprint density at radius 1 is 1.13 bits per heavy atom. The molecule has 1 amide bonds. The maximum Gasteiger partial charge on any atom is 0.257 e. The molecule has 1 saturated heterocycles. The second kappa shape index (κ2) is 6.96. The number of amides is 1. The summed E-state index contributed by atoms with van der Waals surface area (Å²) in [5, 5.41) is 4.42. The zero-order valence-corrected chi connectivity index (χ0v) is 13.9. The molecule has 1 aliphatic rings. The van der Waals surface area contributed by atoms with Gasteiger partial charge in [0.1, 0.15) is 0 Å². The van der Waals surface area contributed by atoms with Crippen LogP contribution in [-0.4, -0.2) is 58.7 Å². The van der Waals surface area contributed by atoms with E-state index in [1.165, 1.54) is 5.56 Å². The maximum atomic E-state index is 12.8. The fourth-order valence-electron chi connectivity index (χ4n) is 2.99. The zero-order valence-electron chi connectivity index (χ0n) is 13.9. The summed E-state index contributed by atoms with van der Waals surface area (Å²) in [7, 11) is 2.11. The number of hydrogen-bond donors (Lipinski definition) is 0. The van der Waals surface area contributed by atoms with E-state index in [1.54, 1.807) is 6.20 Å². The van der Waals surface area contributed by atoms with E-state index in [0.717, 1.165) is 43.9 Å². The van der Waals surface area contributed by atoms with Crippen molar-refractivity contribution in [2.75, 3.05) is 33.2 Å². The fraction of sp³-hybridized carbons (Fsp3) is 0.444. The van der Waals surface area contributed by atoms with Crippen LogP contribution >= 0.6 is 0 Å². The number of nitrogens with zero attached hydrogens (tertiary/aromatic N) is 4. The Balaban J connectivity index is 1.74.